The average Bonchev–Trinajstić information content (AvgIpc) is 2.77. The molecule has 3 nitrogen and oxygen atoms in total. The minimum absolute atomic E-state index is 0.00196. The van der Waals surface area contributed by atoms with Crippen LogP contribution < -0.4 is 0 Å². The Morgan fingerprint density at radius 2 is 2.17 bits per heavy atom. The van der Waals surface area contributed by atoms with Crippen molar-refractivity contribution in [2.24, 2.45) is 5.41 Å². The second kappa shape index (κ2) is 6.12. The number of allylic oxidation sites excluding steroid dienone is 1. The minimum atomic E-state index is -0.936. The fourth-order valence-electron chi connectivity index (χ4n) is 3.93. The van der Waals surface area contributed by atoms with Crippen molar-refractivity contribution >= 4 is 28.9 Å². The Labute approximate surface area is 142 Å². The molecule has 122 valence electrons. The quantitative estimate of drug-likeness (QED) is 0.779. The molecule has 2 fully saturated rings. The number of halogens is 1. The molecule has 0 aromatic heterocycles. The Morgan fingerprint density at radius 1 is 1.39 bits per heavy atom. The van der Waals surface area contributed by atoms with Gasteiger partial charge in [0.15, 0.2) is 5.78 Å². The van der Waals surface area contributed by atoms with Crippen LogP contribution in [-0.4, -0.2) is 29.2 Å². The summed E-state index contributed by atoms with van der Waals surface area (Å²) < 4.78 is 0. The van der Waals surface area contributed by atoms with Gasteiger partial charge in [-0.1, -0.05) is 37.2 Å². The molecule has 2 aliphatic heterocycles. The van der Waals surface area contributed by atoms with E-state index in [1.807, 2.05) is 25.1 Å². The van der Waals surface area contributed by atoms with E-state index in [1.54, 1.807) is 11.0 Å². The lowest BCUT2D eigenvalue weighted by atomic mass is 9.74. The fourth-order valence-corrected chi connectivity index (χ4v) is 4.12. The van der Waals surface area contributed by atoms with Crippen LogP contribution in [0.4, 0.5) is 0 Å². The van der Waals surface area contributed by atoms with Crippen molar-refractivity contribution in [2.75, 3.05) is 6.54 Å². The van der Waals surface area contributed by atoms with Crippen molar-refractivity contribution in [1.29, 1.82) is 0 Å². The predicted octanol–water partition coefficient (Wildman–Crippen LogP) is 4.10. The highest BCUT2D eigenvalue weighted by molar-refractivity contribution is 6.30. The van der Waals surface area contributed by atoms with Crippen LogP contribution >= 0.6 is 11.6 Å². The fraction of sp³-hybridized carbons (Fsp3) is 0.474. The maximum atomic E-state index is 13.0. The van der Waals surface area contributed by atoms with E-state index in [4.69, 9.17) is 11.6 Å². The van der Waals surface area contributed by atoms with Crippen LogP contribution in [0.15, 0.2) is 30.8 Å². The molecule has 0 aliphatic carbocycles. The number of piperidine rings is 1. The van der Waals surface area contributed by atoms with Crippen molar-refractivity contribution < 1.29 is 9.59 Å². The van der Waals surface area contributed by atoms with Gasteiger partial charge in [0.2, 0.25) is 5.91 Å². The van der Waals surface area contributed by atoms with Crippen molar-refractivity contribution in [3.05, 3.63) is 41.4 Å². The Hall–Kier alpha value is -1.61. The van der Waals surface area contributed by atoms with Gasteiger partial charge in [0.05, 0.1) is 6.04 Å². The molecular formula is C19H22ClNO2. The van der Waals surface area contributed by atoms with Gasteiger partial charge in [-0.25, -0.2) is 0 Å². The molecular weight excluding hydrogens is 310 g/mol. The summed E-state index contributed by atoms with van der Waals surface area (Å²) >= 11 is 6.05. The normalized spacial score (nSPS) is 27.2. The number of amides is 1. The number of fused-ring (bicyclic) bond motifs is 1. The van der Waals surface area contributed by atoms with Crippen LogP contribution in [-0.2, 0) is 9.59 Å². The van der Waals surface area contributed by atoms with Gasteiger partial charge >= 0.3 is 0 Å². The largest absolute Gasteiger partial charge is 0.332 e. The molecule has 0 N–H and O–H groups in total. The summed E-state index contributed by atoms with van der Waals surface area (Å²) in [6.45, 7) is 6.77. The first-order chi connectivity index (χ1) is 11.0. The lowest BCUT2D eigenvalue weighted by Gasteiger charge is -2.28. The van der Waals surface area contributed by atoms with Crippen LogP contribution in [0.2, 0.25) is 5.02 Å². The number of nitrogens with zero attached hydrogens (tertiary/aromatic N) is 1. The molecule has 3 rings (SSSR count). The summed E-state index contributed by atoms with van der Waals surface area (Å²) in [5.74, 6) is 0.0887. The Bertz CT molecular complexity index is 643. The molecule has 1 amide bonds. The van der Waals surface area contributed by atoms with Gasteiger partial charge in [-0.15, -0.1) is 0 Å². The van der Waals surface area contributed by atoms with Gasteiger partial charge in [-0.05, 0) is 55.4 Å². The van der Waals surface area contributed by atoms with E-state index in [0.717, 1.165) is 30.4 Å². The first-order valence-corrected chi connectivity index (χ1v) is 8.66. The van der Waals surface area contributed by atoms with E-state index < -0.39 is 5.41 Å². The molecule has 2 heterocycles. The third kappa shape index (κ3) is 2.61. The Morgan fingerprint density at radius 3 is 2.83 bits per heavy atom. The summed E-state index contributed by atoms with van der Waals surface area (Å²) in [7, 11) is 0. The van der Waals surface area contributed by atoms with Crippen LogP contribution in [0.5, 0.6) is 0 Å². The van der Waals surface area contributed by atoms with Crippen LogP contribution in [0, 0.1) is 5.41 Å². The average molecular weight is 332 g/mol. The van der Waals surface area contributed by atoms with Crippen LogP contribution in [0.1, 0.15) is 44.6 Å². The molecule has 1 aromatic rings. The molecule has 1 aromatic carbocycles. The lowest BCUT2D eigenvalue weighted by Crippen LogP contribution is -2.39. The number of hydrogen-bond acceptors (Lipinski definition) is 2. The number of hydrogen-bond donors (Lipinski definition) is 0. The molecule has 2 unspecified atom stereocenters. The van der Waals surface area contributed by atoms with Gasteiger partial charge in [-0.3, -0.25) is 9.59 Å². The number of benzene rings is 1. The van der Waals surface area contributed by atoms with Gasteiger partial charge in [0, 0.05) is 11.6 Å². The van der Waals surface area contributed by atoms with Crippen LogP contribution in [0.3, 0.4) is 0 Å². The number of Topliss-reactive ketones (excluding diaryl/α,β-unsaturated/α-hetero) is 1. The maximum absolute atomic E-state index is 13.0. The van der Waals surface area contributed by atoms with E-state index in [0.29, 0.717) is 24.4 Å². The number of carbonyl (C=O) groups excluding carboxylic acids is 2. The van der Waals surface area contributed by atoms with Gasteiger partial charge in [0.25, 0.3) is 0 Å². The molecule has 23 heavy (non-hydrogen) atoms. The second-order valence-corrected chi connectivity index (χ2v) is 7.04. The Balaban J connectivity index is 1.90. The molecule has 4 heteroatoms. The molecule has 0 radical (unpaired) electrons. The van der Waals surface area contributed by atoms with Crippen molar-refractivity contribution in [3.63, 3.8) is 0 Å². The first-order valence-electron chi connectivity index (χ1n) is 8.28. The van der Waals surface area contributed by atoms with Crippen molar-refractivity contribution in [2.45, 2.75) is 45.1 Å². The summed E-state index contributed by atoms with van der Waals surface area (Å²) in [6, 6.07) is 7.21. The molecule has 2 saturated heterocycles. The summed E-state index contributed by atoms with van der Waals surface area (Å²) in [4.78, 5) is 27.8. The minimum Gasteiger partial charge on any atom is -0.332 e. The molecule has 0 saturated carbocycles. The van der Waals surface area contributed by atoms with Crippen LogP contribution in [0.25, 0.3) is 5.57 Å². The van der Waals surface area contributed by atoms with E-state index in [2.05, 4.69) is 6.58 Å². The van der Waals surface area contributed by atoms with E-state index in [1.165, 1.54) is 0 Å². The van der Waals surface area contributed by atoms with Gasteiger partial charge < -0.3 is 4.90 Å². The third-order valence-electron chi connectivity index (χ3n) is 5.30. The number of rotatable bonds is 4. The highest BCUT2D eigenvalue weighted by atomic mass is 35.5. The summed E-state index contributed by atoms with van der Waals surface area (Å²) in [5.41, 5.74) is 0.765. The Kier molecular flexibility index (Phi) is 4.33. The summed E-state index contributed by atoms with van der Waals surface area (Å²) in [6.07, 6.45) is 3.72. The maximum Gasteiger partial charge on any atom is 0.237 e. The van der Waals surface area contributed by atoms with E-state index in [-0.39, 0.29) is 17.7 Å². The van der Waals surface area contributed by atoms with Crippen molar-refractivity contribution in [1.82, 2.24) is 4.90 Å². The van der Waals surface area contributed by atoms with Gasteiger partial charge in [-0.2, -0.15) is 0 Å². The molecule has 0 bridgehead atoms. The molecule has 2 atom stereocenters. The zero-order valence-electron chi connectivity index (χ0n) is 13.5. The monoisotopic (exact) mass is 331 g/mol. The smallest absolute Gasteiger partial charge is 0.237 e. The zero-order chi connectivity index (χ0) is 16.6. The molecule has 2 aliphatic rings. The topological polar surface area (TPSA) is 37.4 Å². The zero-order valence-corrected chi connectivity index (χ0v) is 14.2. The number of carbonyl (C=O) groups is 2. The van der Waals surface area contributed by atoms with Crippen molar-refractivity contribution in [3.8, 4) is 0 Å². The standard InChI is InChI=1S/C19H22ClNO2/c1-3-19(12-13(2)14-7-6-8-15(20)11-14)17(22)16-9-4-5-10-21(16)18(19)23/h6-8,11,16H,2-5,9-10,12H2,1H3. The second-order valence-electron chi connectivity index (χ2n) is 6.60. The van der Waals surface area contributed by atoms with E-state index in [9.17, 15) is 9.59 Å². The molecule has 0 spiro atoms. The third-order valence-corrected chi connectivity index (χ3v) is 5.53. The van der Waals surface area contributed by atoms with E-state index >= 15 is 0 Å². The number of ketones is 1. The lowest BCUT2D eigenvalue weighted by molar-refractivity contribution is -0.139. The predicted molar refractivity (Wildman–Crippen MR) is 92.2 cm³/mol. The SMILES string of the molecule is C=C(CC1(CC)C(=O)C2CCCCN2C1=O)c1cccc(Cl)c1. The van der Waals surface area contributed by atoms with Gasteiger partial charge in [0.1, 0.15) is 5.41 Å². The highest BCUT2D eigenvalue weighted by Gasteiger charge is 2.57. The summed E-state index contributed by atoms with van der Waals surface area (Å²) in [5, 5.41) is 0.635. The highest BCUT2D eigenvalue weighted by Crippen LogP contribution is 2.45. The first kappa shape index (κ1) is 16.3.